The Labute approximate surface area is 141 Å². The Morgan fingerprint density at radius 3 is 2.45 bits per heavy atom. The van der Waals surface area contributed by atoms with Crippen molar-refractivity contribution in [2.75, 3.05) is 39.8 Å². The van der Waals surface area contributed by atoms with Gasteiger partial charge in [-0.05, 0) is 44.8 Å². The van der Waals surface area contributed by atoms with E-state index in [1.165, 1.54) is 11.9 Å². The van der Waals surface area contributed by atoms with E-state index in [2.05, 4.69) is 10.6 Å². The molecule has 2 N–H and O–H groups in total. The molecule has 1 saturated carbocycles. The van der Waals surface area contributed by atoms with Crippen molar-refractivity contribution < 1.29 is 18.0 Å². The lowest BCUT2D eigenvalue weighted by molar-refractivity contribution is -0.142. The zero-order valence-electron chi connectivity index (χ0n) is 12.5. The summed E-state index contributed by atoms with van der Waals surface area (Å²) in [4.78, 5) is 13.1. The molecule has 1 saturated heterocycles. The maximum atomic E-state index is 12.1. The first-order chi connectivity index (χ1) is 9.32. The molecule has 1 atom stereocenters. The summed E-state index contributed by atoms with van der Waals surface area (Å²) in [5.41, 5.74) is 0.174. The van der Waals surface area contributed by atoms with Gasteiger partial charge in [-0.1, -0.05) is 0 Å². The van der Waals surface area contributed by atoms with Crippen molar-refractivity contribution in [2.24, 2.45) is 11.3 Å². The highest BCUT2D eigenvalue weighted by Crippen LogP contribution is 2.58. The molecule has 0 radical (unpaired) electrons. The Morgan fingerprint density at radius 1 is 1.32 bits per heavy atom. The third kappa shape index (κ3) is 6.10. The molecule has 22 heavy (non-hydrogen) atoms. The Hall–Kier alpha value is -0.240. The highest BCUT2D eigenvalue weighted by Gasteiger charge is 2.57. The van der Waals surface area contributed by atoms with Crippen LogP contribution in [0.5, 0.6) is 0 Å². The van der Waals surface area contributed by atoms with Crippen molar-refractivity contribution in [3.05, 3.63) is 0 Å². The van der Waals surface area contributed by atoms with Crippen molar-refractivity contribution in [1.82, 2.24) is 15.5 Å². The second-order valence-corrected chi connectivity index (χ2v) is 6.01. The summed E-state index contributed by atoms with van der Waals surface area (Å²) in [5.74, 6) is 0.0739. The number of piperidine rings is 1. The van der Waals surface area contributed by atoms with E-state index in [1.54, 1.807) is 0 Å². The molecule has 132 valence electrons. The molecule has 1 amide bonds. The second kappa shape index (κ2) is 8.57. The van der Waals surface area contributed by atoms with Gasteiger partial charge in [-0.15, -0.1) is 24.8 Å². The quantitative estimate of drug-likeness (QED) is 0.781. The average molecular weight is 366 g/mol. The second-order valence-electron chi connectivity index (χ2n) is 6.01. The molecule has 2 aliphatic rings. The molecule has 2 fully saturated rings. The number of amides is 1. The molecule has 0 aromatic carbocycles. The van der Waals surface area contributed by atoms with E-state index >= 15 is 0 Å². The number of halogens is 5. The van der Waals surface area contributed by atoms with E-state index in [0.29, 0.717) is 0 Å². The monoisotopic (exact) mass is 365 g/mol. The fraction of sp³-hybridized carbons (Fsp3) is 0.923. The van der Waals surface area contributed by atoms with Crippen molar-refractivity contribution in [3.63, 3.8) is 0 Å². The first-order valence-electron chi connectivity index (χ1n) is 7.06. The lowest BCUT2D eigenvalue weighted by atomic mass is 9.92. The number of alkyl halides is 3. The molecule has 4 nitrogen and oxygen atoms in total. The SMILES string of the molecule is CN(CCNC(=O)C1CC12CCNCC2)CC(F)(F)F.Cl.Cl. The molecule has 9 heteroatoms. The van der Waals surface area contributed by atoms with Crippen LogP contribution in [-0.2, 0) is 4.79 Å². The van der Waals surface area contributed by atoms with Gasteiger partial charge in [0.15, 0.2) is 0 Å². The van der Waals surface area contributed by atoms with Gasteiger partial charge in [0.1, 0.15) is 0 Å². The number of carbonyl (C=O) groups is 1. The Kier molecular flexibility index (Phi) is 8.47. The number of nitrogens with one attached hydrogen (secondary N) is 2. The van der Waals surface area contributed by atoms with E-state index in [9.17, 15) is 18.0 Å². The van der Waals surface area contributed by atoms with Gasteiger partial charge in [-0.25, -0.2) is 0 Å². The standard InChI is InChI=1S/C13H22F3N3O.2ClH/c1-19(9-13(14,15)16)7-6-18-11(20)10-8-12(10)2-4-17-5-3-12;;/h10,17H,2-9H2,1H3,(H,18,20);2*1H. The third-order valence-corrected chi connectivity index (χ3v) is 4.35. The van der Waals surface area contributed by atoms with Gasteiger partial charge in [-0.2, -0.15) is 13.2 Å². The Morgan fingerprint density at radius 2 is 1.91 bits per heavy atom. The topological polar surface area (TPSA) is 44.4 Å². The van der Waals surface area contributed by atoms with Gasteiger partial charge in [0, 0.05) is 19.0 Å². The van der Waals surface area contributed by atoms with Crippen molar-refractivity contribution in [2.45, 2.75) is 25.4 Å². The highest BCUT2D eigenvalue weighted by atomic mass is 35.5. The maximum Gasteiger partial charge on any atom is 0.401 e. The molecule has 1 aliphatic carbocycles. The Balaban J connectivity index is 0.00000220. The largest absolute Gasteiger partial charge is 0.401 e. The van der Waals surface area contributed by atoms with Gasteiger partial charge in [0.2, 0.25) is 5.91 Å². The predicted octanol–water partition coefficient (Wildman–Crippen LogP) is 1.83. The zero-order chi connectivity index (χ0) is 14.8. The number of nitrogens with zero attached hydrogens (tertiary/aromatic N) is 1. The lowest BCUT2D eigenvalue weighted by Crippen LogP contribution is -2.39. The van der Waals surface area contributed by atoms with Crippen LogP contribution in [0.2, 0.25) is 0 Å². The van der Waals surface area contributed by atoms with Gasteiger partial charge in [0.05, 0.1) is 6.54 Å². The molecule has 1 spiro atoms. The highest BCUT2D eigenvalue weighted by molar-refractivity contribution is 5.85. The molecular formula is C13H24Cl2F3N3O. The molecular weight excluding hydrogens is 342 g/mol. The molecule has 2 rings (SSSR count). The number of carbonyl (C=O) groups excluding carboxylic acids is 1. The van der Waals surface area contributed by atoms with Crippen LogP contribution >= 0.6 is 24.8 Å². The van der Waals surface area contributed by atoms with Crippen LogP contribution in [0.3, 0.4) is 0 Å². The van der Waals surface area contributed by atoms with E-state index < -0.39 is 12.7 Å². The van der Waals surface area contributed by atoms with Crippen molar-refractivity contribution in [1.29, 1.82) is 0 Å². The minimum Gasteiger partial charge on any atom is -0.355 e. The first-order valence-corrected chi connectivity index (χ1v) is 7.06. The summed E-state index contributed by atoms with van der Waals surface area (Å²) in [6.07, 6.45) is -1.20. The minimum absolute atomic E-state index is 0. The van der Waals surface area contributed by atoms with Crippen molar-refractivity contribution >= 4 is 30.7 Å². The summed E-state index contributed by atoms with van der Waals surface area (Å²) in [6, 6.07) is 0. The first kappa shape index (κ1) is 21.8. The van der Waals surface area contributed by atoms with E-state index in [0.717, 1.165) is 32.4 Å². The summed E-state index contributed by atoms with van der Waals surface area (Å²) in [6.45, 7) is 1.46. The fourth-order valence-corrected chi connectivity index (χ4v) is 3.07. The molecule has 0 aromatic heterocycles. The fourth-order valence-electron chi connectivity index (χ4n) is 3.07. The minimum atomic E-state index is -4.19. The van der Waals surface area contributed by atoms with Crippen LogP contribution in [0.15, 0.2) is 0 Å². The van der Waals surface area contributed by atoms with Crippen LogP contribution in [0.25, 0.3) is 0 Å². The number of hydrogen-bond donors (Lipinski definition) is 2. The van der Waals surface area contributed by atoms with Crippen LogP contribution in [0.1, 0.15) is 19.3 Å². The van der Waals surface area contributed by atoms with Crippen LogP contribution in [0.4, 0.5) is 13.2 Å². The van der Waals surface area contributed by atoms with Gasteiger partial charge in [-0.3, -0.25) is 9.69 Å². The third-order valence-electron chi connectivity index (χ3n) is 4.35. The lowest BCUT2D eigenvalue weighted by Gasteiger charge is -2.23. The summed E-state index contributed by atoms with van der Waals surface area (Å²) in [7, 11) is 1.41. The molecule has 0 bridgehead atoms. The van der Waals surface area contributed by atoms with Gasteiger partial charge < -0.3 is 10.6 Å². The smallest absolute Gasteiger partial charge is 0.355 e. The predicted molar refractivity (Wildman–Crippen MR) is 83.7 cm³/mol. The number of likely N-dealkylation sites (N-methyl/N-ethyl adjacent to an activating group) is 1. The van der Waals surface area contributed by atoms with E-state index in [1.807, 2.05) is 0 Å². The maximum absolute atomic E-state index is 12.1. The normalized spacial score (nSPS) is 22.7. The summed E-state index contributed by atoms with van der Waals surface area (Å²) < 4.78 is 36.4. The van der Waals surface area contributed by atoms with E-state index in [4.69, 9.17) is 0 Å². The van der Waals surface area contributed by atoms with E-state index in [-0.39, 0.29) is 55.1 Å². The number of rotatable bonds is 5. The molecule has 1 aliphatic heterocycles. The van der Waals surface area contributed by atoms with Gasteiger partial charge in [0.25, 0.3) is 0 Å². The molecule has 1 unspecified atom stereocenters. The molecule has 0 aromatic rings. The summed E-state index contributed by atoms with van der Waals surface area (Å²) in [5, 5.41) is 6.04. The summed E-state index contributed by atoms with van der Waals surface area (Å²) >= 11 is 0. The average Bonchev–Trinajstić information content (AvgIpc) is 3.01. The zero-order valence-corrected chi connectivity index (χ0v) is 14.2. The van der Waals surface area contributed by atoms with Crippen molar-refractivity contribution in [3.8, 4) is 0 Å². The van der Waals surface area contributed by atoms with Gasteiger partial charge >= 0.3 is 6.18 Å². The number of hydrogen-bond acceptors (Lipinski definition) is 3. The Bertz CT molecular complexity index is 363. The molecule has 1 heterocycles. The van der Waals surface area contributed by atoms with Crippen LogP contribution in [0, 0.1) is 11.3 Å². The van der Waals surface area contributed by atoms with Crippen LogP contribution < -0.4 is 10.6 Å². The van der Waals surface area contributed by atoms with Crippen LogP contribution in [-0.4, -0.2) is 56.8 Å².